The van der Waals surface area contributed by atoms with Crippen molar-refractivity contribution in [2.45, 2.75) is 63.2 Å². The third-order valence-corrected chi connectivity index (χ3v) is 10.0. The van der Waals surface area contributed by atoms with Gasteiger partial charge in [0.15, 0.2) is 0 Å². The molecule has 1 N–H and O–H groups in total. The lowest BCUT2D eigenvalue weighted by molar-refractivity contribution is -0.146. The minimum Gasteiger partial charge on any atom is -0.355 e. The summed E-state index contributed by atoms with van der Waals surface area (Å²) in [6, 6.07) is 7.14. The Kier molecular flexibility index (Phi) is 5.21. The Labute approximate surface area is 180 Å². The molecule has 164 valence electrons. The molecule has 1 aromatic carbocycles. The summed E-state index contributed by atoms with van der Waals surface area (Å²) in [5, 5.41) is 3.27. The van der Waals surface area contributed by atoms with Gasteiger partial charge in [-0.1, -0.05) is 12.1 Å². The van der Waals surface area contributed by atoms with E-state index in [1.807, 2.05) is 13.0 Å². The molecule has 5 aliphatic rings. The highest BCUT2D eigenvalue weighted by atomic mass is 32.2. The molecule has 1 heterocycles. The average Bonchev–Trinajstić information content (AvgIpc) is 2.71. The fourth-order valence-electron chi connectivity index (χ4n) is 7.15. The van der Waals surface area contributed by atoms with Gasteiger partial charge in [0.05, 0.1) is 4.90 Å². The van der Waals surface area contributed by atoms with Crippen LogP contribution in [-0.4, -0.2) is 38.3 Å². The number of piperidine rings is 1. The predicted octanol–water partition coefficient (Wildman–Crippen LogP) is 3.73. The van der Waals surface area contributed by atoms with Gasteiger partial charge in [-0.15, -0.1) is 0 Å². The number of sulfonamides is 1. The molecule has 0 spiro atoms. The zero-order valence-corrected chi connectivity index (χ0v) is 18.8. The Hall–Kier alpha value is -1.40. The first-order valence-corrected chi connectivity index (χ1v) is 13.1. The molecule has 6 heteroatoms. The van der Waals surface area contributed by atoms with Gasteiger partial charge in [-0.2, -0.15) is 4.31 Å². The van der Waals surface area contributed by atoms with E-state index in [2.05, 4.69) is 5.32 Å². The maximum Gasteiger partial charge on any atom is 0.243 e. The lowest BCUT2D eigenvalue weighted by Gasteiger charge is -2.55. The first-order valence-electron chi connectivity index (χ1n) is 11.7. The Balaban J connectivity index is 1.22. The summed E-state index contributed by atoms with van der Waals surface area (Å²) >= 11 is 0. The number of aryl methyl sites for hydroxylation is 1. The number of amides is 1. The number of nitrogens with zero attached hydrogens (tertiary/aromatic N) is 1. The van der Waals surface area contributed by atoms with Crippen LogP contribution in [0.5, 0.6) is 0 Å². The van der Waals surface area contributed by atoms with Gasteiger partial charge in [-0.05, 0) is 99.7 Å². The third-order valence-electron chi connectivity index (χ3n) is 8.18. The van der Waals surface area contributed by atoms with Crippen LogP contribution in [-0.2, 0) is 14.8 Å². The van der Waals surface area contributed by atoms with E-state index in [1.165, 1.54) is 19.3 Å². The van der Waals surface area contributed by atoms with Gasteiger partial charge < -0.3 is 5.32 Å². The molecule has 4 aliphatic carbocycles. The molecule has 5 fully saturated rings. The van der Waals surface area contributed by atoms with E-state index in [9.17, 15) is 13.2 Å². The molecule has 30 heavy (non-hydrogen) atoms. The molecule has 4 bridgehead atoms. The Morgan fingerprint density at radius 2 is 1.80 bits per heavy atom. The summed E-state index contributed by atoms with van der Waals surface area (Å²) < 4.78 is 27.8. The van der Waals surface area contributed by atoms with Crippen molar-refractivity contribution in [2.24, 2.45) is 29.1 Å². The predicted molar refractivity (Wildman–Crippen MR) is 116 cm³/mol. The quantitative estimate of drug-likeness (QED) is 0.774. The van der Waals surface area contributed by atoms with Crippen molar-refractivity contribution in [1.82, 2.24) is 9.62 Å². The lowest BCUT2D eigenvalue weighted by Crippen LogP contribution is -2.54. The van der Waals surface area contributed by atoms with Crippen molar-refractivity contribution < 1.29 is 13.2 Å². The van der Waals surface area contributed by atoms with Crippen LogP contribution in [0.4, 0.5) is 0 Å². The number of nitrogens with one attached hydrogen (secondary N) is 1. The number of hydrogen-bond acceptors (Lipinski definition) is 3. The van der Waals surface area contributed by atoms with Crippen LogP contribution in [0.15, 0.2) is 29.2 Å². The normalized spacial score (nSPS) is 36.0. The molecule has 6 rings (SSSR count). The summed E-state index contributed by atoms with van der Waals surface area (Å²) in [6.45, 7) is 3.57. The van der Waals surface area contributed by atoms with Crippen LogP contribution < -0.4 is 5.32 Å². The smallest absolute Gasteiger partial charge is 0.243 e. The summed E-state index contributed by atoms with van der Waals surface area (Å²) in [5.74, 6) is 2.71. The van der Waals surface area contributed by atoms with Crippen molar-refractivity contribution in [3.63, 3.8) is 0 Å². The summed E-state index contributed by atoms with van der Waals surface area (Å²) in [6.07, 6.45) is 9.04. The summed E-state index contributed by atoms with van der Waals surface area (Å²) in [5.41, 5.74) is 0.823. The Bertz CT molecular complexity index is 891. The zero-order valence-electron chi connectivity index (χ0n) is 18.0. The Morgan fingerprint density at radius 3 is 2.43 bits per heavy atom. The molecule has 0 aromatic heterocycles. The van der Waals surface area contributed by atoms with E-state index in [0.29, 0.717) is 24.5 Å². The van der Waals surface area contributed by atoms with E-state index < -0.39 is 10.0 Å². The number of hydrogen-bond donors (Lipinski definition) is 1. The summed E-state index contributed by atoms with van der Waals surface area (Å²) in [7, 11) is -3.47. The first-order chi connectivity index (χ1) is 14.3. The molecule has 4 saturated carbocycles. The minimum atomic E-state index is -3.47. The maximum absolute atomic E-state index is 13.2. The Morgan fingerprint density at radius 1 is 1.13 bits per heavy atom. The highest BCUT2D eigenvalue weighted by molar-refractivity contribution is 7.89. The average molecular weight is 431 g/mol. The first kappa shape index (κ1) is 20.5. The molecular formula is C24H34N2O3S. The maximum atomic E-state index is 13.2. The second kappa shape index (κ2) is 7.63. The molecule has 1 atom stereocenters. The van der Waals surface area contributed by atoms with E-state index >= 15 is 0 Å². The second-order valence-electron chi connectivity index (χ2n) is 10.6. The van der Waals surface area contributed by atoms with Gasteiger partial charge in [-0.3, -0.25) is 4.79 Å². The number of carbonyl (C=O) groups excluding carboxylic acids is 1. The van der Waals surface area contributed by atoms with Crippen LogP contribution in [0.25, 0.3) is 0 Å². The molecule has 1 saturated heterocycles. The monoisotopic (exact) mass is 430 g/mol. The van der Waals surface area contributed by atoms with E-state index in [4.69, 9.17) is 0 Å². The SMILES string of the molecule is Cc1cccc(S(=O)(=O)N2CCCC(CNC(=O)C34CC5CC(CC(C5)C3)C4)C2)c1. The molecule has 1 aromatic rings. The van der Waals surface area contributed by atoms with Crippen molar-refractivity contribution in [3.05, 3.63) is 29.8 Å². The topological polar surface area (TPSA) is 66.5 Å². The fraction of sp³-hybridized carbons (Fsp3) is 0.708. The van der Waals surface area contributed by atoms with Crippen LogP contribution in [0.2, 0.25) is 0 Å². The highest BCUT2D eigenvalue weighted by Crippen LogP contribution is 2.60. The van der Waals surface area contributed by atoms with Crippen LogP contribution >= 0.6 is 0 Å². The number of rotatable bonds is 5. The van der Waals surface area contributed by atoms with E-state index in [1.54, 1.807) is 22.5 Å². The van der Waals surface area contributed by atoms with E-state index in [0.717, 1.165) is 55.4 Å². The molecule has 0 radical (unpaired) electrons. The van der Waals surface area contributed by atoms with E-state index in [-0.39, 0.29) is 17.2 Å². The van der Waals surface area contributed by atoms with Crippen molar-refractivity contribution in [2.75, 3.05) is 19.6 Å². The lowest BCUT2D eigenvalue weighted by atomic mass is 9.49. The van der Waals surface area contributed by atoms with Crippen LogP contribution in [0.3, 0.4) is 0 Å². The van der Waals surface area contributed by atoms with Gasteiger partial charge in [0.1, 0.15) is 0 Å². The fourth-order valence-corrected chi connectivity index (χ4v) is 8.81. The molecular weight excluding hydrogens is 396 g/mol. The molecule has 1 aliphatic heterocycles. The van der Waals surface area contributed by atoms with Crippen molar-refractivity contribution in [3.8, 4) is 0 Å². The summed E-state index contributed by atoms with van der Waals surface area (Å²) in [4.78, 5) is 13.6. The highest BCUT2D eigenvalue weighted by Gasteiger charge is 2.54. The van der Waals surface area contributed by atoms with Gasteiger partial charge >= 0.3 is 0 Å². The number of benzene rings is 1. The van der Waals surface area contributed by atoms with Gasteiger partial charge in [0, 0.05) is 25.0 Å². The second-order valence-corrected chi connectivity index (χ2v) is 12.5. The van der Waals surface area contributed by atoms with Gasteiger partial charge in [-0.25, -0.2) is 8.42 Å². The minimum absolute atomic E-state index is 0.128. The number of carbonyl (C=O) groups is 1. The van der Waals surface area contributed by atoms with Crippen molar-refractivity contribution >= 4 is 15.9 Å². The van der Waals surface area contributed by atoms with Gasteiger partial charge in [0.25, 0.3) is 0 Å². The third kappa shape index (κ3) is 3.70. The standard InChI is InChI=1S/C24H34N2O3S/c1-17-4-2-6-22(8-17)30(28,29)26-7-3-5-18(16-26)15-25-23(27)24-12-19-9-20(13-24)11-21(10-19)14-24/h2,4,6,8,18-21H,3,5,7,9-16H2,1H3,(H,25,27). The zero-order chi connectivity index (χ0) is 20.9. The van der Waals surface area contributed by atoms with Crippen LogP contribution in [0, 0.1) is 36.0 Å². The molecule has 1 unspecified atom stereocenters. The van der Waals surface area contributed by atoms with Gasteiger partial charge in [0.2, 0.25) is 15.9 Å². The molecule has 1 amide bonds. The largest absolute Gasteiger partial charge is 0.355 e. The molecule has 5 nitrogen and oxygen atoms in total. The van der Waals surface area contributed by atoms with Crippen molar-refractivity contribution in [1.29, 1.82) is 0 Å². The van der Waals surface area contributed by atoms with Crippen LogP contribution in [0.1, 0.15) is 56.9 Å².